The van der Waals surface area contributed by atoms with Gasteiger partial charge in [-0.15, -0.1) is 0 Å². The summed E-state index contributed by atoms with van der Waals surface area (Å²) in [7, 11) is 1.59. The van der Waals surface area contributed by atoms with Crippen molar-refractivity contribution in [3.05, 3.63) is 23.2 Å². The van der Waals surface area contributed by atoms with Gasteiger partial charge in [-0.05, 0) is 18.2 Å². The van der Waals surface area contributed by atoms with Crippen molar-refractivity contribution >= 4 is 29.9 Å². The minimum atomic E-state index is 0.586. The van der Waals surface area contributed by atoms with E-state index in [0.717, 1.165) is 5.69 Å². The molecular weight excluding hydrogens is 194 g/mol. The maximum Gasteiger partial charge on any atom is 0.137 e. The minimum absolute atomic E-state index is 0.586. The van der Waals surface area contributed by atoms with Gasteiger partial charge in [0.2, 0.25) is 0 Å². The van der Waals surface area contributed by atoms with Crippen LogP contribution in [0, 0.1) is 0 Å². The third kappa shape index (κ3) is 2.22. The third-order valence-corrected chi connectivity index (χ3v) is 1.89. The molecule has 0 saturated heterocycles. The van der Waals surface area contributed by atoms with Crippen LogP contribution >= 0.6 is 24.2 Å². The molecule has 0 saturated carbocycles. The van der Waals surface area contributed by atoms with Crippen LogP contribution in [0.1, 0.15) is 0 Å². The van der Waals surface area contributed by atoms with E-state index in [1.807, 2.05) is 12.1 Å². The van der Waals surface area contributed by atoms with Crippen molar-refractivity contribution < 1.29 is 4.74 Å². The van der Waals surface area contributed by atoms with Crippen molar-refractivity contribution in [2.45, 2.75) is 0 Å². The van der Waals surface area contributed by atoms with Gasteiger partial charge in [0.15, 0.2) is 0 Å². The van der Waals surface area contributed by atoms with Crippen LogP contribution in [0.25, 0.3) is 0 Å². The molecule has 0 heterocycles. The third-order valence-electron chi connectivity index (χ3n) is 1.43. The minimum Gasteiger partial charge on any atom is -0.495 e. The Hall–Kier alpha value is -0.540. The summed E-state index contributed by atoms with van der Waals surface area (Å²) in [5.41, 5.74) is 0.941. The fourth-order valence-electron chi connectivity index (χ4n) is 0.868. The number of nitrogens with one attached hydrogen (secondary N) is 1. The van der Waals surface area contributed by atoms with Crippen LogP contribution in [0.3, 0.4) is 0 Å². The Morgan fingerprint density at radius 1 is 1.58 bits per heavy atom. The van der Waals surface area contributed by atoms with E-state index in [9.17, 15) is 0 Å². The number of rotatable bonds is 3. The molecule has 1 aromatic rings. The predicted molar refractivity (Wildman–Crippen MR) is 55.5 cm³/mol. The molecule has 0 aliphatic carbocycles. The van der Waals surface area contributed by atoms with E-state index < -0.39 is 0 Å². The largest absolute Gasteiger partial charge is 0.495 e. The predicted octanol–water partition coefficient (Wildman–Crippen LogP) is 2.65. The van der Waals surface area contributed by atoms with Gasteiger partial charge in [-0.2, -0.15) is 12.6 Å². The fourth-order valence-corrected chi connectivity index (χ4v) is 1.31. The SMILES string of the molecule is COc1ccc(NCS)cc1Cl. The molecule has 0 aliphatic rings. The van der Waals surface area contributed by atoms with Gasteiger partial charge in [0.25, 0.3) is 0 Å². The molecule has 2 nitrogen and oxygen atoms in total. The molecular formula is C8H10ClNOS. The van der Waals surface area contributed by atoms with Gasteiger partial charge >= 0.3 is 0 Å². The Morgan fingerprint density at radius 2 is 2.33 bits per heavy atom. The standard InChI is InChI=1S/C8H10ClNOS/c1-11-8-3-2-6(10-5-12)4-7(8)9/h2-4,10,12H,5H2,1H3. The first-order chi connectivity index (χ1) is 5.77. The van der Waals surface area contributed by atoms with Crippen LogP contribution < -0.4 is 10.1 Å². The van der Waals surface area contributed by atoms with Crippen molar-refractivity contribution in [3.8, 4) is 5.75 Å². The van der Waals surface area contributed by atoms with Gasteiger partial charge < -0.3 is 10.1 Å². The van der Waals surface area contributed by atoms with Gasteiger partial charge in [-0.3, -0.25) is 0 Å². The van der Waals surface area contributed by atoms with Gasteiger partial charge in [0, 0.05) is 5.69 Å². The Labute approximate surface area is 82.3 Å². The zero-order valence-electron chi connectivity index (χ0n) is 6.67. The molecule has 1 rings (SSSR count). The highest BCUT2D eigenvalue weighted by Crippen LogP contribution is 2.26. The van der Waals surface area contributed by atoms with Crippen LogP contribution in [-0.2, 0) is 0 Å². The van der Waals surface area contributed by atoms with Crippen molar-refractivity contribution in [1.82, 2.24) is 0 Å². The summed E-state index contributed by atoms with van der Waals surface area (Å²) in [4.78, 5) is 0. The van der Waals surface area contributed by atoms with Crippen molar-refractivity contribution in [2.75, 3.05) is 18.3 Å². The highest BCUT2D eigenvalue weighted by Gasteiger charge is 1.99. The van der Waals surface area contributed by atoms with Crippen LogP contribution in [-0.4, -0.2) is 13.0 Å². The van der Waals surface area contributed by atoms with E-state index in [4.69, 9.17) is 16.3 Å². The summed E-state index contributed by atoms with van der Waals surface area (Å²) < 4.78 is 5.00. The zero-order chi connectivity index (χ0) is 8.97. The van der Waals surface area contributed by atoms with E-state index in [0.29, 0.717) is 16.6 Å². The van der Waals surface area contributed by atoms with E-state index in [1.54, 1.807) is 13.2 Å². The second kappa shape index (κ2) is 4.48. The first kappa shape index (κ1) is 9.55. The lowest BCUT2D eigenvalue weighted by Crippen LogP contribution is -1.94. The topological polar surface area (TPSA) is 21.3 Å². The molecule has 66 valence electrons. The lowest BCUT2D eigenvalue weighted by Gasteiger charge is -2.06. The Bertz CT molecular complexity index is 267. The first-order valence-corrected chi connectivity index (χ1v) is 4.47. The van der Waals surface area contributed by atoms with E-state index in [-0.39, 0.29) is 0 Å². The molecule has 0 radical (unpaired) electrons. The average Bonchev–Trinajstić information content (AvgIpc) is 2.05. The highest BCUT2D eigenvalue weighted by atomic mass is 35.5. The maximum absolute atomic E-state index is 5.88. The normalized spacial score (nSPS) is 9.58. The second-order valence-corrected chi connectivity index (χ2v) is 2.91. The van der Waals surface area contributed by atoms with Crippen molar-refractivity contribution in [1.29, 1.82) is 0 Å². The average molecular weight is 204 g/mol. The van der Waals surface area contributed by atoms with Gasteiger partial charge in [-0.1, -0.05) is 11.6 Å². The Morgan fingerprint density at radius 3 is 2.83 bits per heavy atom. The lowest BCUT2D eigenvalue weighted by molar-refractivity contribution is 0.415. The summed E-state index contributed by atoms with van der Waals surface area (Å²) in [5.74, 6) is 1.27. The number of halogens is 1. The molecule has 12 heavy (non-hydrogen) atoms. The monoisotopic (exact) mass is 203 g/mol. The molecule has 0 aromatic heterocycles. The van der Waals surface area contributed by atoms with E-state index in [1.165, 1.54) is 0 Å². The number of benzene rings is 1. The zero-order valence-corrected chi connectivity index (χ0v) is 8.32. The Kier molecular flexibility index (Phi) is 3.56. The molecule has 0 fully saturated rings. The molecule has 0 aliphatic heterocycles. The van der Waals surface area contributed by atoms with Crippen molar-refractivity contribution in [2.24, 2.45) is 0 Å². The number of anilines is 1. The smallest absolute Gasteiger partial charge is 0.137 e. The molecule has 0 bridgehead atoms. The molecule has 0 unspecified atom stereocenters. The summed E-state index contributed by atoms with van der Waals surface area (Å²) in [6.07, 6.45) is 0. The quantitative estimate of drug-likeness (QED) is 0.582. The lowest BCUT2D eigenvalue weighted by atomic mass is 10.3. The molecule has 0 amide bonds. The number of hydrogen-bond donors (Lipinski definition) is 2. The van der Waals surface area contributed by atoms with Crippen LogP contribution in [0.4, 0.5) is 5.69 Å². The Balaban J connectivity index is 2.86. The molecule has 0 spiro atoms. The summed E-state index contributed by atoms with van der Waals surface area (Å²) in [6, 6.07) is 5.51. The van der Waals surface area contributed by atoms with E-state index in [2.05, 4.69) is 17.9 Å². The number of hydrogen-bond acceptors (Lipinski definition) is 3. The summed E-state index contributed by atoms with van der Waals surface area (Å²) in [6.45, 7) is 0. The number of methoxy groups -OCH3 is 1. The second-order valence-electron chi connectivity index (χ2n) is 2.18. The molecule has 4 heteroatoms. The highest BCUT2D eigenvalue weighted by molar-refractivity contribution is 7.80. The molecule has 0 atom stereocenters. The maximum atomic E-state index is 5.88. The number of ether oxygens (including phenoxy) is 1. The van der Waals surface area contributed by atoms with Crippen LogP contribution in [0.2, 0.25) is 5.02 Å². The fraction of sp³-hybridized carbons (Fsp3) is 0.250. The summed E-state index contributed by atoms with van der Waals surface area (Å²) >= 11 is 9.90. The van der Waals surface area contributed by atoms with Gasteiger partial charge in [0.1, 0.15) is 5.75 Å². The van der Waals surface area contributed by atoms with E-state index >= 15 is 0 Å². The van der Waals surface area contributed by atoms with Gasteiger partial charge in [-0.25, -0.2) is 0 Å². The van der Waals surface area contributed by atoms with Gasteiger partial charge in [0.05, 0.1) is 18.0 Å². The summed E-state index contributed by atoms with van der Waals surface area (Å²) in [5, 5.41) is 3.63. The molecule has 1 N–H and O–H groups in total. The van der Waals surface area contributed by atoms with Crippen LogP contribution in [0.15, 0.2) is 18.2 Å². The number of thiol groups is 1. The van der Waals surface area contributed by atoms with Crippen molar-refractivity contribution in [3.63, 3.8) is 0 Å². The molecule has 1 aromatic carbocycles. The van der Waals surface area contributed by atoms with Crippen LogP contribution in [0.5, 0.6) is 5.75 Å². The first-order valence-electron chi connectivity index (χ1n) is 3.46.